The third kappa shape index (κ3) is 2.11. The molecule has 0 aromatic carbocycles. The first kappa shape index (κ1) is 13.2. The zero-order chi connectivity index (χ0) is 15.1. The number of nitrogens with one attached hydrogen (secondary N) is 1. The Bertz CT molecular complexity index is 835. The number of ketones is 1. The van der Waals surface area contributed by atoms with Crippen molar-refractivity contribution in [2.75, 3.05) is 0 Å². The van der Waals surface area contributed by atoms with Crippen LogP contribution in [0.4, 0.5) is 0 Å². The fraction of sp³-hybridized carbons (Fsp3) is 0.375. The lowest BCUT2D eigenvalue weighted by atomic mass is 9.94. The van der Waals surface area contributed by atoms with Crippen LogP contribution in [-0.2, 0) is 11.2 Å². The van der Waals surface area contributed by atoms with Crippen LogP contribution in [0.25, 0.3) is 22.4 Å². The fourth-order valence-electron chi connectivity index (χ4n) is 3.17. The van der Waals surface area contributed by atoms with Crippen molar-refractivity contribution in [3.63, 3.8) is 0 Å². The molecule has 0 spiro atoms. The van der Waals surface area contributed by atoms with E-state index >= 15 is 0 Å². The zero-order valence-electron chi connectivity index (χ0n) is 12.2. The van der Waals surface area contributed by atoms with Crippen LogP contribution in [0.1, 0.15) is 25.7 Å². The zero-order valence-corrected chi connectivity index (χ0v) is 12.2. The molecule has 1 saturated carbocycles. The van der Waals surface area contributed by atoms with Gasteiger partial charge in [0.15, 0.2) is 0 Å². The molecule has 2 unspecified atom stereocenters. The average molecular weight is 296 g/mol. The van der Waals surface area contributed by atoms with Gasteiger partial charge in [-0.05, 0) is 24.5 Å². The van der Waals surface area contributed by atoms with Gasteiger partial charge in [0.25, 0.3) is 0 Å². The molecular formula is C16H16N4O2. The van der Waals surface area contributed by atoms with E-state index in [0.717, 1.165) is 23.0 Å². The molecule has 0 amide bonds. The number of fused-ring (bicyclic) bond motifs is 1. The number of aromatic nitrogens is 4. The second-order valence-electron chi connectivity index (χ2n) is 5.87. The molecule has 1 aliphatic rings. The van der Waals surface area contributed by atoms with Gasteiger partial charge in [-0.25, -0.2) is 4.98 Å². The van der Waals surface area contributed by atoms with Crippen molar-refractivity contribution >= 4 is 16.8 Å². The molecule has 2 atom stereocenters. The van der Waals surface area contributed by atoms with Crippen molar-refractivity contribution in [3.05, 3.63) is 30.4 Å². The van der Waals surface area contributed by atoms with E-state index in [1.165, 1.54) is 0 Å². The summed E-state index contributed by atoms with van der Waals surface area (Å²) in [5.74, 6) is 1.91. The van der Waals surface area contributed by atoms with Crippen LogP contribution in [0.2, 0.25) is 0 Å². The van der Waals surface area contributed by atoms with Gasteiger partial charge in [0.2, 0.25) is 11.7 Å². The van der Waals surface area contributed by atoms with Gasteiger partial charge in [-0.15, -0.1) is 0 Å². The molecule has 6 heteroatoms. The number of pyridine rings is 1. The van der Waals surface area contributed by atoms with Crippen LogP contribution < -0.4 is 0 Å². The maximum Gasteiger partial charge on any atom is 0.227 e. The molecule has 4 rings (SSSR count). The Morgan fingerprint density at radius 2 is 2.32 bits per heavy atom. The minimum Gasteiger partial charge on any atom is -0.346 e. The Hall–Kier alpha value is -2.50. The number of hydrogen-bond acceptors (Lipinski definition) is 5. The van der Waals surface area contributed by atoms with E-state index in [0.29, 0.717) is 36.3 Å². The van der Waals surface area contributed by atoms with E-state index < -0.39 is 0 Å². The number of carbonyl (C=O) groups is 1. The van der Waals surface area contributed by atoms with Gasteiger partial charge in [0, 0.05) is 42.1 Å². The molecule has 1 aliphatic carbocycles. The number of aromatic amines is 1. The predicted molar refractivity (Wildman–Crippen MR) is 80.0 cm³/mol. The molecular weight excluding hydrogens is 280 g/mol. The van der Waals surface area contributed by atoms with Gasteiger partial charge in [0.05, 0.1) is 0 Å². The van der Waals surface area contributed by atoms with E-state index in [1.807, 2.05) is 25.3 Å². The molecule has 3 heterocycles. The molecule has 3 aromatic heterocycles. The Morgan fingerprint density at radius 1 is 1.41 bits per heavy atom. The molecule has 22 heavy (non-hydrogen) atoms. The van der Waals surface area contributed by atoms with Crippen LogP contribution in [0, 0.1) is 11.8 Å². The van der Waals surface area contributed by atoms with E-state index in [1.54, 1.807) is 6.20 Å². The van der Waals surface area contributed by atoms with Gasteiger partial charge in [-0.1, -0.05) is 12.1 Å². The van der Waals surface area contributed by atoms with E-state index in [2.05, 4.69) is 20.1 Å². The van der Waals surface area contributed by atoms with Crippen molar-refractivity contribution in [2.45, 2.75) is 26.2 Å². The van der Waals surface area contributed by atoms with Crippen LogP contribution in [0.5, 0.6) is 0 Å². The Morgan fingerprint density at radius 3 is 3.14 bits per heavy atom. The summed E-state index contributed by atoms with van der Waals surface area (Å²) >= 11 is 0. The summed E-state index contributed by atoms with van der Waals surface area (Å²) in [6, 6.07) is 3.83. The quantitative estimate of drug-likeness (QED) is 0.803. The van der Waals surface area contributed by atoms with Crippen molar-refractivity contribution in [3.8, 4) is 11.4 Å². The van der Waals surface area contributed by atoms with Gasteiger partial charge in [-0.2, -0.15) is 4.98 Å². The summed E-state index contributed by atoms with van der Waals surface area (Å²) in [7, 11) is 0. The van der Waals surface area contributed by atoms with Crippen molar-refractivity contribution in [1.82, 2.24) is 20.1 Å². The van der Waals surface area contributed by atoms with Crippen molar-refractivity contribution in [2.24, 2.45) is 11.8 Å². The molecule has 1 fully saturated rings. The van der Waals surface area contributed by atoms with Crippen molar-refractivity contribution in [1.29, 1.82) is 0 Å². The monoisotopic (exact) mass is 296 g/mol. The third-order valence-corrected chi connectivity index (χ3v) is 4.58. The van der Waals surface area contributed by atoms with Crippen LogP contribution >= 0.6 is 0 Å². The van der Waals surface area contributed by atoms with Crippen LogP contribution in [0.3, 0.4) is 0 Å². The second kappa shape index (κ2) is 5.05. The number of hydrogen-bond donors (Lipinski definition) is 1. The van der Waals surface area contributed by atoms with Gasteiger partial charge in [0.1, 0.15) is 11.4 Å². The number of Topliss-reactive ketones (excluding diaryl/α,β-unsaturated/α-hetero) is 1. The first-order valence-corrected chi connectivity index (χ1v) is 7.50. The van der Waals surface area contributed by atoms with Gasteiger partial charge >= 0.3 is 0 Å². The predicted octanol–water partition coefficient (Wildman–Crippen LogP) is 2.77. The van der Waals surface area contributed by atoms with Gasteiger partial charge < -0.3 is 9.51 Å². The highest BCUT2D eigenvalue weighted by atomic mass is 16.5. The second-order valence-corrected chi connectivity index (χ2v) is 5.87. The summed E-state index contributed by atoms with van der Waals surface area (Å²) in [6.45, 7) is 1.99. The van der Waals surface area contributed by atoms with Crippen molar-refractivity contribution < 1.29 is 9.32 Å². The van der Waals surface area contributed by atoms with Crippen LogP contribution in [0.15, 0.2) is 29.0 Å². The summed E-state index contributed by atoms with van der Waals surface area (Å²) in [5, 5.41) is 5.06. The normalized spacial score (nSPS) is 21.8. The Labute approximate surface area is 126 Å². The maximum atomic E-state index is 11.6. The third-order valence-electron chi connectivity index (χ3n) is 4.58. The lowest BCUT2D eigenvalue weighted by Gasteiger charge is -2.10. The van der Waals surface area contributed by atoms with Gasteiger partial charge in [-0.3, -0.25) is 4.79 Å². The number of rotatable bonds is 3. The molecule has 0 aliphatic heterocycles. The molecule has 0 radical (unpaired) electrons. The number of nitrogens with zero attached hydrogens (tertiary/aromatic N) is 3. The molecule has 112 valence electrons. The lowest BCUT2D eigenvalue weighted by Crippen LogP contribution is -2.12. The smallest absolute Gasteiger partial charge is 0.227 e. The first-order chi connectivity index (χ1) is 10.7. The molecule has 1 N–H and O–H groups in total. The number of carbonyl (C=O) groups excluding carboxylic acids is 1. The van der Waals surface area contributed by atoms with E-state index in [4.69, 9.17) is 4.52 Å². The summed E-state index contributed by atoms with van der Waals surface area (Å²) in [6.07, 6.45) is 5.81. The minimum absolute atomic E-state index is 0.0904. The molecule has 3 aromatic rings. The summed E-state index contributed by atoms with van der Waals surface area (Å²) in [5.41, 5.74) is 1.70. The summed E-state index contributed by atoms with van der Waals surface area (Å²) < 4.78 is 5.39. The minimum atomic E-state index is 0.0904. The molecule has 0 bridgehead atoms. The van der Waals surface area contributed by atoms with E-state index in [9.17, 15) is 4.79 Å². The SMILES string of the molecule is CC1C(=O)CCC1Cc1nc(-c2ccnc3[nH]ccc23)no1. The topological polar surface area (TPSA) is 84.7 Å². The van der Waals surface area contributed by atoms with Crippen LogP contribution in [-0.4, -0.2) is 25.9 Å². The highest BCUT2D eigenvalue weighted by Crippen LogP contribution is 2.31. The van der Waals surface area contributed by atoms with E-state index in [-0.39, 0.29) is 5.92 Å². The highest BCUT2D eigenvalue weighted by molar-refractivity contribution is 5.90. The average Bonchev–Trinajstić information content (AvgIpc) is 3.24. The Balaban J connectivity index is 1.62. The maximum absolute atomic E-state index is 11.6. The number of H-pyrrole nitrogens is 1. The largest absolute Gasteiger partial charge is 0.346 e. The summed E-state index contributed by atoms with van der Waals surface area (Å²) in [4.78, 5) is 23.5. The Kier molecular flexibility index (Phi) is 3.03. The fourth-order valence-corrected chi connectivity index (χ4v) is 3.17. The molecule has 0 saturated heterocycles. The lowest BCUT2D eigenvalue weighted by molar-refractivity contribution is -0.120. The first-order valence-electron chi connectivity index (χ1n) is 7.50. The highest BCUT2D eigenvalue weighted by Gasteiger charge is 2.32. The standard InChI is InChI=1S/C16H16N4O2/c1-9-10(2-3-13(9)21)8-14-19-16(20-22-14)12-5-7-18-15-11(12)4-6-17-15/h4-7,9-10H,2-3,8H2,1H3,(H,17,18). The molecule has 6 nitrogen and oxygen atoms in total.